The van der Waals surface area contributed by atoms with Gasteiger partial charge in [0.2, 0.25) is 5.89 Å². The standard InChI is InChI=1S/C19H26N4O4/c1-2-7-15(20)18-23-16(13-26-18)17(24)21-10-6-11-22-19(25)27-12-14-8-4-3-5-9-14/h3-5,8-9,13,15H,2,6-7,10-12,20H2,1H3,(H,21,24)(H,22,25). The maximum atomic E-state index is 12.0. The molecule has 2 aromatic rings. The van der Waals surface area contributed by atoms with Gasteiger partial charge in [0, 0.05) is 13.1 Å². The first-order valence-electron chi connectivity index (χ1n) is 9.04. The molecule has 2 rings (SSSR count). The van der Waals surface area contributed by atoms with Crippen molar-refractivity contribution in [1.82, 2.24) is 15.6 Å². The number of oxazole rings is 1. The number of alkyl carbamates (subject to hydrolysis) is 1. The molecule has 0 saturated heterocycles. The molecule has 0 bridgehead atoms. The van der Waals surface area contributed by atoms with Gasteiger partial charge in [-0.25, -0.2) is 9.78 Å². The van der Waals surface area contributed by atoms with Crippen molar-refractivity contribution in [3.8, 4) is 0 Å². The van der Waals surface area contributed by atoms with Crippen LogP contribution in [-0.2, 0) is 11.3 Å². The molecule has 1 aromatic carbocycles. The molecule has 1 atom stereocenters. The molecule has 8 heteroatoms. The van der Waals surface area contributed by atoms with E-state index in [-0.39, 0.29) is 24.2 Å². The minimum atomic E-state index is -0.490. The number of rotatable bonds is 10. The monoisotopic (exact) mass is 374 g/mol. The number of carbonyl (C=O) groups excluding carboxylic acids is 2. The average molecular weight is 374 g/mol. The molecule has 0 aliphatic rings. The lowest BCUT2D eigenvalue weighted by molar-refractivity contribution is 0.0948. The van der Waals surface area contributed by atoms with Crippen LogP contribution >= 0.6 is 0 Å². The highest BCUT2D eigenvalue weighted by Crippen LogP contribution is 2.14. The Labute approximate surface area is 158 Å². The number of nitrogens with zero attached hydrogens (tertiary/aromatic N) is 1. The lowest BCUT2D eigenvalue weighted by atomic mass is 10.2. The summed E-state index contributed by atoms with van der Waals surface area (Å²) in [5.74, 6) is 0.0326. The van der Waals surface area contributed by atoms with Crippen molar-refractivity contribution >= 4 is 12.0 Å². The zero-order chi connectivity index (χ0) is 19.5. The Balaban J connectivity index is 1.59. The second kappa shape index (κ2) is 11.0. The molecule has 146 valence electrons. The number of benzene rings is 1. The van der Waals surface area contributed by atoms with Crippen LogP contribution in [0.3, 0.4) is 0 Å². The van der Waals surface area contributed by atoms with E-state index in [1.54, 1.807) is 0 Å². The first-order valence-corrected chi connectivity index (χ1v) is 9.04. The van der Waals surface area contributed by atoms with E-state index in [1.807, 2.05) is 37.3 Å². The van der Waals surface area contributed by atoms with Crippen LogP contribution in [0.2, 0.25) is 0 Å². The molecule has 1 aromatic heterocycles. The van der Waals surface area contributed by atoms with Crippen molar-refractivity contribution in [3.63, 3.8) is 0 Å². The molecule has 0 aliphatic heterocycles. The summed E-state index contributed by atoms with van der Waals surface area (Å²) >= 11 is 0. The van der Waals surface area contributed by atoms with Gasteiger partial charge < -0.3 is 25.5 Å². The molecule has 1 unspecified atom stereocenters. The maximum Gasteiger partial charge on any atom is 0.407 e. The summed E-state index contributed by atoms with van der Waals surface area (Å²) in [7, 11) is 0. The number of carbonyl (C=O) groups is 2. The number of amides is 2. The number of nitrogens with two attached hydrogens (primary N) is 1. The van der Waals surface area contributed by atoms with E-state index >= 15 is 0 Å². The highest BCUT2D eigenvalue weighted by atomic mass is 16.5. The summed E-state index contributed by atoms with van der Waals surface area (Å²) in [6.45, 7) is 3.01. The van der Waals surface area contributed by atoms with Gasteiger partial charge in [-0.2, -0.15) is 0 Å². The van der Waals surface area contributed by atoms with Gasteiger partial charge in [-0.05, 0) is 18.4 Å². The molecule has 0 aliphatic carbocycles. The van der Waals surface area contributed by atoms with Gasteiger partial charge in [0.05, 0.1) is 6.04 Å². The van der Waals surface area contributed by atoms with Crippen LogP contribution in [0.1, 0.15) is 54.2 Å². The predicted molar refractivity (Wildman–Crippen MR) is 99.9 cm³/mol. The fraction of sp³-hybridized carbons (Fsp3) is 0.421. The van der Waals surface area contributed by atoms with Crippen molar-refractivity contribution in [2.24, 2.45) is 5.73 Å². The zero-order valence-corrected chi connectivity index (χ0v) is 15.4. The van der Waals surface area contributed by atoms with Gasteiger partial charge in [0.15, 0.2) is 5.69 Å². The number of aromatic nitrogens is 1. The topological polar surface area (TPSA) is 119 Å². The third-order valence-corrected chi connectivity index (χ3v) is 3.79. The minimum Gasteiger partial charge on any atom is -0.446 e. The van der Waals surface area contributed by atoms with Crippen LogP contribution in [0.5, 0.6) is 0 Å². The zero-order valence-electron chi connectivity index (χ0n) is 15.4. The van der Waals surface area contributed by atoms with Gasteiger partial charge in [0.25, 0.3) is 5.91 Å². The Morgan fingerprint density at radius 1 is 1.22 bits per heavy atom. The number of ether oxygens (including phenoxy) is 1. The lowest BCUT2D eigenvalue weighted by Crippen LogP contribution is -2.30. The summed E-state index contributed by atoms with van der Waals surface area (Å²) in [6.07, 6.45) is 3.03. The Morgan fingerprint density at radius 2 is 1.96 bits per heavy atom. The van der Waals surface area contributed by atoms with E-state index in [9.17, 15) is 9.59 Å². The van der Waals surface area contributed by atoms with Crippen molar-refractivity contribution in [2.75, 3.05) is 13.1 Å². The first-order chi connectivity index (χ1) is 13.1. The summed E-state index contributed by atoms with van der Waals surface area (Å²) in [6, 6.07) is 9.13. The predicted octanol–water partition coefficient (Wildman–Crippen LogP) is 2.52. The van der Waals surface area contributed by atoms with Crippen LogP contribution in [0.15, 0.2) is 41.0 Å². The maximum absolute atomic E-state index is 12.0. The number of nitrogens with one attached hydrogen (secondary N) is 2. The molecular weight excluding hydrogens is 348 g/mol. The Bertz CT molecular complexity index is 718. The molecule has 0 spiro atoms. The molecular formula is C19H26N4O4. The van der Waals surface area contributed by atoms with E-state index in [1.165, 1.54) is 6.26 Å². The van der Waals surface area contributed by atoms with E-state index in [4.69, 9.17) is 14.9 Å². The first kappa shape index (κ1) is 20.4. The summed E-state index contributed by atoms with van der Waals surface area (Å²) in [4.78, 5) is 27.7. The van der Waals surface area contributed by atoms with Gasteiger partial charge in [-0.3, -0.25) is 4.79 Å². The van der Waals surface area contributed by atoms with E-state index < -0.39 is 6.09 Å². The summed E-state index contributed by atoms with van der Waals surface area (Å²) < 4.78 is 10.4. The lowest BCUT2D eigenvalue weighted by Gasteiger charge is -2.07. The van der Waals surface area contributed by atoms with Crippen molar-refractivity contribution in [3.05, 3.63) is 53.7 Å². The molecule has 0 radical (unpaired) electrons. The molecule has 8 nitrogen and oxygen atoms in total. The van der Waals surface area contributed by atoms with Gasteiger partial charge in [-0.1, -0.05) is 43.7 Å². The minimum absolute atomic E-state index is 0.201. The average Bonchev–Trinajstić information content (AvgIpc) is 3.17. The SMILES string of the molecule is CCCC(N)c1nc(C(=O)NCCCNC(=O)OCc2ccccc2)co1. The van der Waals surface area contributed by atoms with Crippen molar-refractivity contribution in [1.29, 1.82) is 0 Å². The fourth-order valence-corrected chi connectivity index (χ4v) is 2.34. The van der Waals surface area contributed by atoms with Crippen LogP contribution in [0.25, 0.3) is 0 Å². The highest BCUT2D eigenvalue weighted by molar-refractivity contribution is 5.91. The van der Waals surface area contributed by atoms with Gasteiger partial charge in [0.1, 0.15) is 12.9 Å². The molecule has 0 saturated carbocycles. The fourth-order valence-electron chi connectivity index (χ4n) is 2.34. The third-order valence-electron chi connectivity index (χ3n) is 3.79. The summed E-state index contributed by atoms with van der Waals surface area (Å²) in [5.41, 5.74) is 7.03. The smallest absolute Gasteiger partial charge is 0.407 e. The molecule has 0 fully saturated rings. The second-order valence-corrected chi connectivity index (χ2v) is 6.06. The molecule has 2 amide bonds. The highest BCUT2D eigenvalue weighted by Gasteiger charge is 2.16. The normalized spacial score (nSPS) is 11.6. The van der Waals surface area contributed by atoms with Gasteiger partial charge >= 0.3 is 6.09 Å². The largest absolute Gasteiger partial charge is 0.446 e. The molecule has 27 heavy (non-hydrogen) atoms. The Morgan fingerprint density at radius 3 is 2.70 bits per heavy atom. The van der Waals surface area contributed by atoms with E-state index in [0.717, 1.165) is 18.4 Å². The third kappa shape index (κ3) is 7.10. The molecule has 1 heterocycles. The summed E-state index contributed by atoms with van der Waals surface area (Å²) in [5, 5.41) is 5.36. The van der Waals surface area contributed by atoms with Crippen LogP contribution < -0.4 is 16.4 Å². The number of hydrogen-bond donors (Lipinski definition) is 3. The second-order valence-electron chi connectivity index (χ2n) is 6.06. The Hall–Kier alpha value is -2.87. The van der Waals surface area contributed by atoms with Crippen LogP contribution in [0, 0.1) is 0 Å². The van der Waals surface area contributed by atoms with E-state index in [2.05, 4.69) is 15.6 Å². The number of hydrogen-bond acceptors (Lipinski definition) is 6. The van der Waals surface area contributed by atoms with Gasteiger partial charge in [-0.15, -0.1) is 0 Å². The van der Waals surface area contributed by atoms with Crippen molar-refractivity contribution < 1.29 is 18.7 Å². The van der Waals surface area contributed by atoms with Crippen molar-refractivity contribution in [2.45, 2.75) is 38.8 Å². The molecule has 4 N–H and O–H groups in total. The Kier molecular flexibility index (Phi) is 8.31. The van der Waals surface area contributed by atoms with Crippen LogP contribution in [-0.4, -0.2) is 30.1 Å². The van der Waals surface area contributed by atoms with Crippen LogP contribution in [0.4, 0.5) is 4.79 Å². The quantitative estimate of drug-likeness (QED) is 0.550. The van der Waals surface area contributed by atoms with E-state index in [0.29, 0.717) is 25.4 Å².